The topological polar surface area (TPSA) is 20.2 Å². The Labute approximate surface area is 84.6 Å². The fraction of sp³-hybridized carbons (Fsp3) is 0.500. The molecule has 0 saturated carbocycles. The van der Waals surface area contributed by atoms with E-state index in [0.717, 1.165) is 12.0 Å². The standard InChI is InChI=1S/C12H17FO/c1-4-11(12(2,3)14)9-6-5-7-10(13)8-9/h5-8,11,14H,4H2,1-3H3. The third kappa shape index (κ3) is 2.55. The highest BCUT2D eigenvalue weighted by molar-refractivity contribution is 5.23. The van der Waals surface area contributed by atoms with Crippen molar-refractivity contribution in [1.29, 1.82) is 0 Å². The van der Waals surface area contributed by atoms with E-state index >= 15 is 0 Å². The van der Waals surface area contributed by atoms with Crippen LogP contribution in [0.25, 0.3) is 0 Å². The van der Waals surface area contributed by atoms with Gasteiger partial charge in [0.25, 0.3) is 0 Å². The Kier molecular flexibility index (Phi) is 3.27. The first-order valence-electron chi connectivity index (χ1n) is 4.93. The summed E-state index contributed by atoms with van der Waals surface area (Å²) >= 11 is 0. The zero-order chi connectivity index (χ0) is 10.8. The minimum absolute atomic E-state index is 0.0156. The Balaban J connectivity index is 3.01. The van der Waals surface area contributed by atoms with Crippen LogP contribution in [0.3, 0.4) is 0 Å². The summed E-state index contributed by atoms with van der Waals surface area (Å²) in [5.74, 6) is -0.261. The smallest absolute Gasteiger partial charge is 0.123 e. The largest absolute Gasteiger partial charge is 0.390 e. The maximum atomic E-state index is 13.0. The molecule has 2 heteroatoms. The third-order valence-electron chi connectivity index (χ3n) is 2.51. The number of hydrogen-bond acceptors (Lipinski definition) is 1. The molecule has 1 aromatic rings. The number of aliphatic hydroxyl groups is 1. The average molecular weight is 196 g/mol. The van der Waals surface area contributed by atoms with E-state index in [1.807, 2.05) is 13.0 Å². The fourth-order valence-corrected chi connectivity index (χ4v) is 1.87. The molecule has 0 bridgehead atoms. The molecule has 0 amide bonds. The monoisotopic (exact) mass is 196 g/mol. The van der Waals surface area contributed by atoms with Crippen LogP contribution in [0.4, 0.5) is 4.39 Å². The van der Waals surface area contributed by atoms with Gasteiger partial charge in [0.2, 0.25) is 0 Å². The molecule has 1 atom stereocenters. The Morgan fingerprint density at radius 2 is 2.07 bits per heavy atom. The van der Waals surface area contributed by atoms with Crippen LogP contribution in [0.15, 0.2) is 24.3 Å². The van der Waals surface area contributed by atoms with Gasteiger partial charge in [-0.1, -0.05) is 19.1 Å². The van der Waals surface area contributed by atoms with Gasteiger partial charge in [0.15, 0.2) is 0 Å². The Morgan fingerprint density at radius 1 is 1.43 bits per heavy atom. The van der Waals surface area contributed by atoms with E-state index in [1.165, 1.54) is 12.1 Å². The van der Waals surface area contributed by atoms with E-state index in [2.05, 4.69) is 0 Å². The Morgan fingerprint density at radius 3 is 2.50 bits per heavy atom. The molecular formula is C12H17FO. The van der Waals surface area contributed by atoms with Crippen LogP contribution in [-0.2, 0) is 0 Å². The van der Waals surface area contributed by atoms with Crippen molar-refractivity contribution >= 4 is 0 Å². The van der Waals surface area contributed by atoms with Crippen molar-refractivity contribution in [3.63, 3.8) is 0 Å². The molecule has 0 spiro atoms. The van der Waals surface area contributed by atoms with Crippen molar-refractivity contribution in [1.82, 2.24) is 0 Å². The van der Waals surface area contributed by atoms with Crippen molar-refractivity contribution < 1.29 is 9.50 Å². The molecule has 14 heavy (non-hydrogen) atoms. The van der Waals surface area contributed by atoms with Crippen molar-refractivity contribution in [3.8, 4) is 0 Å². The molecule has 0 aliphatic carbocycles. The minimum Gasteiger partial charge on any atom is -0.390 e. The van der Waals surface area contributed by atoms with Crippen LogP contribution in [0.2, 0.25) is 0 Å². The summed E-state index contributed by atoms with van der Waals surface area (Å²) in [5.41, 5.74) is 0.0581. The molecule has 1 N–H and O–H groups in total. The molecule has 0 fully saturated rings. The Bertz CT molecular complexity index is 301. The first-order valence-corrected chi connectivity index (χ1v) is 4.93. The van der Waals surface area contributed by atoms with E-state index in [0.29, 0.717) is 0 Å². The van der Waals surface area contributed by atoms with Gasteiger partial charge in [0, 0.05) is 5.92 Å². The van der Waals surface area contributed by atoms with Gasteiger partial charge in [0.1, 0.15) is 5.82 Å². The first kappa shape index (κ1) is 11.2. The van der Waals surface area contributed by atoms with Crippen LogP contribution in [0, 0.1) is 5.82 Å². The first-order chi connectivity index (χ1) is 6.45. The lowest BCUT2D eigenvalue weighted by molar-refractivity contribution is 0.0482. The van der Waals surface area contributed by atoms with Gasteiger partial charge in [-0.2, -0.15) is 0 Å². The van der Waals surface area contributed by atoms with E-state index in [4.69, 9.17) is 0 Å². The van der Waals surface area contributed by atoms with Crippen LogP contribution in [0.1, 0.15) is 38.7 Å². The van der Waals surface area contributed by atoms with Crippen molar-refractivity contribution in [2.45, 2.75) is 38.7 Å². The lowest BCUT2D eigenvalue weighted by Crippen LogP contribution is -2.28. The van der Waals surface area contributed by atoms with Crippen LogP contribution in [0.5, 0.6) is 0 Å². The Hall–Kier alpha value is -0.890. The van der Waals surface area contributed by atoms with E-state index in [1.54, 1.807) is 19.9 Å². The molecule has 0 aliphatic rings. The summed E-state index contributed by atoms with van der Waals surface area (Å²) in [6.45, 7) is 5.51. The predicted molar refractivity (Wildman–Crippen MR) is 55.7 cm³/mol. The molecular weight excluding hydrogens is 179 g/mol. The summed E-state index contributed by atoms with van der Waals surface area (Å²) in [7, 11) is 0. The van der Waals surface area contributed by atoms with E-state index in [-0.39, 0.29) is 11.7 Å². The molecule has 1 nitrogen and oxygen atoms in total. The lowest BCUT2D eigenvalue weighted by Gasteiger charge is -2.28. The molecule has 0 aliphatic heterocycles. The SMILES string of the molecule is CCC(c1cccc(F)c1)C(C)(C)O. The van der Waals surface area contributed by atoms with Gasteiger partial charge in [-0.05, 0) is 38.0 Å². The highest BCUT2D eigenvalue weighted by atomic mass is 19.1. The second kappa shape index (κ2) is 4.09. The summed E-state index contributed by atoms with van der Waals surface area (Å²) in [4.78, 5) is 0. The van der Waals surface area contributed by atoms with Gasteiger partial charge in [-0.15, -0.1) is 0 Å². The maximum Gasteiger partial charge on any atom is 0.123 e. The normalized spacial score (nSPS) is 14.1. The van der Waals surface area contributed by atoms with E-state index in [9.17, 15) is 9.50 Å². The van der Waals surface area contributed by atoms with Crippen LogP contribution in [-0.4, -0.2) is 10.7 Å². The molecule has 0 saturated heterocycles. The molecule has 1 aromatic carbocycles. The fourth-order valence-electron chi connectivity index (χ4n) is 1.87. The van der Waals surface area contributed by atoms with Gasteiger partial charge in [-0.25, -0.2) is 4.39 Å². The maximum absolute atomic E-state index is 13.0. The highest BCUT2D eigenvalue weighted by Gasteiger charge is 2.26. The highest BCUT2D eigenvalue weighted by Crippen LogP contribution is 2.30. The molecule has 0 aromatic heterocycles. The summed E-state index contributed by atoms with van der Waals surface area (Å²) < 4.78 is 13.0. The molecule has 1 unspecified atom stereocenters. The summed E-state index contributed by atoms with van der Waals surface area (Å²) in [5, 5.41) is 9.90. The number of halogens is 1. The van der Waals surface area contributed by atoms with Gasteiger partial charge in [0.05, 0.1) is 5.60 Å². The number of rotatable bonds is 3. The lowest BCUT2D eigenvalue weighted by atomic mass is 9.83. The zero-order valence-electron chi connectivity index (χ0n) is 8.92. The zero-order valence-corrected chi connectivity index (χ0v) is 8.92. The van der Waals surface area contributed by atoms with Crippen molar-refractivity contribution in [2.24, 2.45) is 0 Å². The van der Waals surface area contributed by atoms with Crippen molar-refractivity contribution in [3.05, 3.63) is 35.6 Å². The second-order valence-electron chi connectivity index (χ2n) is 4.17. The average Bonchev–Trinajstić information content (AvgIpc) is 2.02. The molecule has 0 radical (unpaired) electrons. The van der Waals surface area contributed by atoms with Gasteiger partial charge in [-0.3, -0.25) is 0 Å². The van der Waals surface area contributed by atoms with Gasteiger partial charge >= 0.3 is 0 Å². The second-order valence-corrected chi connectivity index (χ2v) is 4.17. The molecule has 1 rings (SSSR count). The molecule has 0 heterocycles. The quantitative estimate of drug-likeness (QED) is 0.787. The summed E-state index contributed by atoms with van der Waals surface area (Å²) in [6, 6.07) is 6.45. The van der Waals surface area contributed by atoms with Crippen LogP contribution < -0.4 is 0 Å². The number of benzene rings is 1. The summed E-state index contributed by atoms with van der Waals surface area (Å²) in [6.07, 6.45) is 0.799. The third-order valence-corrected chi connectivity index (χ3v) is 2.51. The predicted octanol–water partition coefficient (Wildman–Crippen LogP) is 3.09. The van der Waals surface area contributed by atoms with Gasteiger partial charge < -0.3 is 5.11 Å². The van der Waals surface area contributed by atoms with Crippen molar-refractivity contribution in [2.75, 3.05) is 0 Å². The van der Waals surface area contributed by atoms with Crippen LogP contribution >= 0.6 is 0 Å². The molecule has 78 valence electrons. The van der Waals surface area contributed by atoms with E-state index < -0.39 is 5.60 Å². The number of hydrogen-bond donors (Lipinski definition) is 1. The minimum atomic E-state index is -0.803.